The largest absolute Gasteiger partial charge is 0.495 e. The van der Waals surface area contributed by atoms with Crippen molar-refractivity contribution in [2.45, 2.75) is 10.4 Å². The Bertz CT molecular complexity index is 1180. The number of benzene rings is 2. The number of methoxy groups -OCH3 is 1. The number of nitrogens with two attached hydrogens (primary N) is 1. The van der Waals surface area contributed by atoms with E-state index in [0.717, 1.165) is 5.56 Å². The first-order valence-corrected chi connectivity index (χ1v) is 10.4. The summed E-state index contributed by atoms with van der Waals surface area (Å²) in [4.78, 5) is 13.2. The first-order chi connectivity index (χ1) is 15.1. The Morgan fingerprint density at radius 2 is 2.00 bits per heavy atom. The number of nitrogens with one attached hydrogen (secondary N) is 1. The van der Waals surface area contributed by atoms with E-state index in [1.807, 2.05) is 30.3 Å². The number of rotatable bonds is 7. The molecule has 4 rings (SSSR count). The smallest absolute Gasteiger partial charge is 0.242 e. The number of nitrogens with zero attached hydrogens (tertiary/aromatic N) is 3. The van der Waals surface area contributed by atoms with Gasteiger partial charge in [0.1, 0.15) is 11.0 Å². The molecule has 0 unspecified atom stereocenters. The summed E-state index contributed by atoms with van der Waals surface area (Å²) >= 11 is 7.36. The number of furan rings is 1. The Morgan fingerprint density at radius 1 is 1.19 bits per heavy atom. The Hall–Kier alpha value is -3.43. The van der Waals surface area contributed by atoms with Gasteiger partial charge >= 0.3 is 0 Å². The average Bonchev–Trinajstić information content (AvgIpc) is 3.42. The van der Waals surface area contributed by atoms with Crippen molar-refractivity contribution in [3.8, 4) is 17.3 Å². The zero-order valence-corrected chi connectivity index (χ0v) is 17.9. The van der Waals surface area contributed by atoms with Crippen LogP contribution in [0, 0.1) is 0 Å². The third-order valence-corrected chi connectivity index (χ3v) is 5.90. The summed E-state index contributed by atoms with van der Waals surface area (Å²) in [5, 5.41) is 11.2. The molecule has 0 radical (unpaired) electrons. The Balaban J connectivity index is 1.61. The van der Waals surface area contributed by atoms with Crippen LogP contribution in [-0.4, -0.2) is 27.9 Å². The molecule has 0 aliphatic heterocycles. The lowest BCUT2D eigenvalue weighted by Crippen LogP contribution is -2.20. The minimum atomic E-state index is -0.641. The topological polar surface area (TPSA) is 108 Å². The zero-order valence-electron chi connectivity index (χ0n) is 16.4. The number of amides is 1. The molecule has 0 saturated heterocycles. The maximum atomic E-state index is 13.2. The molecule has 0 saturated carbocycles. The second-order valence-corrected chi connectivity index (χ2v) is 7.88. The molecule has 4 aromatic rings. The molecule has 158 valence electrons. The molecular weight excluding hydrogens is 438 g/mol. The molecule has 0 spiro atoms. The maximum absolute atomic E-state index is 13.2. The number of carbonyl (C=O) groups is 1. The van der Waals surface area contributed by atoms with Crippen molar-refractivity contribution in [3.63, 3.8) is 0 Å². The highest BCUT2D eigenvalue weighted by Crippen LogP contribution is 2.36. The second-order valence-electron chi connectivity index (χ2n) is 6.40. The Kier molecular flexibility index (Phi) is 6.15. The number of carbonyl (C=O) groups excluding carboxylic acids is 1. The number of thioether (sulfide) groups is 1. The summed E-state index contributed by atoms with van der Waals surface area (Å²) in [6, 6.07) is 17.8. The summed E-state index contributed by atoms with van der Waals surface area (Å²) in [7, 11) is 1.53. The lowest BCUT2D eigenvalue weighted by molar-refractivity contribution is -0.115. The predicted molar refractivity (Wildman–Crippen MR) is 120 cm³/mol. The normalized spacial score (nSPS) is 11.8. The molecule has 8 nitrogen and oxygen atoms in total. The second kappa shape index (κ2) is 9.15. The van der Waals surface area contributed by atoms with Crippen molar-refractivity contribution in [1.82, 2.24) is 14.9 Å². The van der Waals surface area contributed by atoms with Crippen LogP contribution in [0.1, 0.15) is 10.8 Å². The Labute approximate surface area is 187 Å². The number of nitrogen functional groups attached to an aromatic ring is 1. The Morgan fingerprint density at radius 3 is 2.68 bits per heavy atom. The number of anilines is 1. The van der Waals surface area contributed by atoms with E-state index >= 15 is 0 Å². The standard InChI is InChI=1S/C21H18ClN5O3S/c1-29-16-10-9-14(12-15(16)22)24-20(28)18(13-6-3-2-4-7-13)31-21-26-25-19(27(21)23)17-8-5-11-30-17/h2-12,18H,23H2,1H3,(H,24,28)/t18-/m1/s1. The van der Waals surface area contributed by atoms with Gasteiger partial charge in [-0.2, -0.15) is 0 Å². The van der Waals surface area contributed by atoms with Gasteiger partial charge in [-0.1, -0.05) is 53.7 Å². The zero-order chi connectivity index (χ0) is 21.8. The van der Waals surface area contributed by atoms with Gasteiger partial charge in [-0.25, -0.2) is 4.68 Å². The van der Waals surface area contributed by atoms with Crippen LogP contribution in [0.15, 0.2) is 76.5 Å². The molecule has 3 N–H and O–H groups in total. The SMILES string of the molecule is COc1ccc(NC(=O)[C@H](Sc2nnc(-c3ccco3)n2N)c2ccccc2)cc1Cl. The van der Waals surface area contributed by atoms with Crippen LogP contribution in [0.2, 0.25) is 5.02 Å². The minimum absolute atomic E-state index is 0.264. The van der Waals surface area contributed by atoms with E-state index in [-0.39, 0.29) is 5.91 Å². The van der Waals surface area contributed by atoms with E-state index in [9.17, 15) is 4.79 Å². The molecule has 0 aliphatic rings. The highest BCUT2D eigenvalue weighted by atomic mass is 35.5. The van der Waals surface area contributed by atoms with Crippen LogP contribution < -0.4 is 15.9 Å². The van der Waals surface area contributed by atoms with E-state index in [1.54, 1.807) is 30.3 Å². The van der Waals surface area contributed by atoms with Gasteiger partial charge in [-0.15, -0.1) is 10.2 Å². The van der Waals surface area contributed by atoms with E-state index < -0.39 is 5.25 Å². The summed E-state index contributed by atoms with van der Waals surface area (Å²) in [5.74, 6) is 7.28. The third-order valence-electron chi connectivity index (χ3n) is 4.39. The molecule has 10 heteroatoms. The van der Waals surface area contributed by atoms with Crippen molar-refractivity contribution in [2.24, 2.45) is 0 Å². The highest BCUT2D eigenvalue weighted by molar-refractivity contribution is 8.00. The molecule has 0 bridgehead atoms. The number of hydrogen-bond acceptors (Lipinski definition) is 7. The summed E-state index contributed by atoms with van der Waals surface area (Å²) in [6.07, 6.45) is 1.52. The van der Waals surface area contributed by atoms with E-state index in [0.29, 0.717) is 33.2 Å². The van der Waals surface area contributed by atoms with Gasteiger partial charge in [-0.05, 0) is 35.9 Å². The molecule has 0 fully saturated rings. The van der Waals surface area contributed by atoms with Crippen LogP contribution in [0.5, 0.6) is 5.75 Å². The van der Waals surface area contributed by atoms with Gasteiger partial charge in [0.25, 0.3) is 0 Å². The van der Waals surface area contributed by atoms with Gasteiger partial charge in [0.05, 0.1) is 18.4 Å². The van der Waals surface area contributed by atoms with Gasteiger partial charge in [-0.3, -0.25) is 4.79 Å². The van der Waals surface area contributed by atoms with Crippen LogP contribution in [0.3, 0.4) is 0 Å². The maximum Gasteiger partial charge on any atom is 0.242 e. The molecular formula is C21H18ClN5O3S. The fourth-order valence-electron chi connectivity index (χ4n) is 2.89. The fraction of sp³-hybridized carbons (Fsp3) is 0.0952. The number of ether oxygens (including phenoxy) is 1. The van der Waals surface area contributed by atoms with Crippen LogP contribution in [-0.2, 0) is 4.79 Å². The van der Waals surface area contributed by atoms with Crippen molar-refractivity contribution in [1.29, 1.82) is 0 Å². The van der Waals surface area contributed by atoms with Gasteiger partial charge in [0.2, 0.25) is 16.9 Å². The van der Waals surface area contributed by atoms with E-state index in [1.165, 1.54) is 29.8 Å². The molecule has 2 aromatic carbocycles. The monoisotopic (exact) mass is 455 g/mol. The van der Waals surface area contributed by atoms with E-state index in [2.05, 4.69) is 15.5 Å². The third kappa shape index (κ3) is 4.52. The van der Waals surface area contributed by atoms with Crippen LogP contribution in [0.4, 0.5) is 5.69 Å². The van der Waals surface area contributed by atoms with Crippen molar-refractivity contribution in [3.05, 3.63) is 77.5 Å². The molecule has 1 atom stereocenters. The molecule has 0 aliphatic carbocycles. The van der Waals surface area contributed by atoms with Crippen molar-refractivity contribution in [2.75, 3.05) is 18.3 Å². The average molecular weight is 456 g/mol. The first kappa shape index (κ1) is 20.8. The lowest BCUT2D eigenvalue weighted by Gasteiger charge is -2.17. The molecule has 31 heavy (non-hydrogen) atoms. The number of aromatic nitrogens is 3. The van der Waals surface area contributed by atoms with Crippen molar-refractivity contribution >= 4 is 35.0 Å². The predicted octanol–water partition coefficient (Wildman–Crippen LogP) is 4.39. The molecule has 1 amide bonds. The first-order valence-electron chi connectivity index (χ1n) is 9.17. The summed E-state index contributed by atoms with van der Waals surface area (Å²) in [5.41, 5.74) is 1.33. The molecule has 2 aromatic heterocycles. The molecule has 2 heterocycles. The summed E-state index contributed by atoms with van der Waals surface area (Å²) in [6.45, 7) is 0. The van der Waals surface area contributed by atoms with Gasteiger partial charge in [0, 0.05) is 5.69 Å². The number of halogens is 1. The quantitative estimate of drug-likeness (QED) is 0.314. The van der Waals surface area contributed by atoms with E-state index in [4.69, 9.17) is 26.6 Å². The highest BCUT2D eigenvalue weighted by Gasteiger charge is 2.26. The van der Waals surface area contributed by atoms with Gasteiger partial charge < -0.3 is 20.3 Å². The number of hydrogen-bond donors (Lipinski definition) is 2. The fourth-order valence-corrected chi connectivity index (χ4v) is 4.11. The van der Waals surface area contributed by atoms with Gasteiger partial charge in [0.15, 0.2) is 5.76 Å². The van der Waals surface area contributed by atoms with Crippen LogP contribution in [0.25, 0.3) is 11.6 Å². The summed E-state index contributed by atoms with van der Waals surface area (Å²) < 4.78 is 11.8. The van der Waals surface area contributed by atoms with Crippen molar-refractivity contribution < 1.29 is 13.9 Å². The lowest BCUT2D eigenvalue weighted by atomic mass is 10.1. The minimum Gasteiger partial charge on any atom is -0.495 e. The van der Waals surface area contributed by atoms with Crippen LogP contribution >= 0.6 is 23.4 Å².